The highest BCUT2D eigenvalue weighted by atomic mass is 31.3. The third kappa shape index (κ3) is 2.56. The zero-order chi connectivity index (χ0) is 9.62. The van der Waals surface area contributed by atoms with Crippen molar-refractivity contribution >= 4 is 15.6 Å². The molecule has 7 nitrogen and oxygen atoms in total. The van der Waals surface area contributed by atoms with Gasteiger partial charge in [0.25, 0.3) is 0 Å². The summed E-state index contributed by atoms with van der Waals surface area (Å²) in [6.07, 6.45) is -4.11. The highest BCUT2D eigenvalue weighted by molar-refractivity contribution is 7.61. The maximum atomic E-state index is 11.7. The number of alkyl halides is 2. The van der Waals surface area contributed by atoms with Crippen LogP contribution in [0.4, 0.5) is 8.78 Å². The van der Waals surface area contributed by atoms with E-state index >= 15 is 0 Å². The number of halogens is 2. The lowest BCUT2D eigenvalue weighted by Crippen LogP contribution is -2.33. The van der Waals surface area contributed by atoms with E-state index in [0.29, 0.717) is 0 Å². The van der Waals surface area contributed by atoms with Gasteiger partial charge < -0.3 is 9.79 Å². The van der Waals surface area contributed by atoms with Crippen LogP contribution in [0.5, 0.6) is 0 Å². The summed E-state index contributed by atoms with van der Waals surface area (Å²) in [5, 5.41) is 0. The van der Waals surface area contributed by atoms with Crippen molar-refractivity contribution in [3.05, 3.63) is 0 Å². The Morgan fingerprint density at radius 3 is 2.08 bits per heavy atom. The molecule has 1 heterocycles. The normalized spacial score (nSPS) is 26.3. The molecule has 11 heteroatoms. The molecule has 0 aromatic carbocycles. The van der Waals surface area contributed by atoms with Crippen molar-refractivity contribution in [1.29, 1.82) is 0 Å². The molecule has 0 saturated carbocycles. The summed E-state index contributed by atoms with van der Waals surface area (Å²) in [7, 11) is -9.90. The minimum absolute atomic E-state index is 3.18. The van der Waals surface area contributed by atoms with E-state index in [1.165, 1.54) is 0 Å². The van der Waals surface area contributed by atoms with Gasteiger partial charge in [-0.05, 0) is 0 Å². The number of phosphoric ester groups is 1. The maximum absolute atomic E-state index is 11.7. The van der Waals surface area contributed by atoms with E-state index in [4.69, 9.17) is 9.79 Å². The van der Waals surface area contributed by atoms with E-state index < -0.39 is 21.9 Å². The summed E-state index contributed by atoms with van der Waals surface area (Å²) in [4.78, 5) is 16.0. The minimum Gasteiger partial charge on any atom is -0.302 e. The zero-order valence-electron chi connectivity index (χ0n) is 5.09. The molecule has 1 aliphatic rings. The second kappa shape index (κ2) is 2.55. The molecular weight excluding hydrogens is 224 g/mol. The lowest BCUT2D eigenvalue weighted by molar-refractivity contribution is -0.377. The van der Waals surface area contributed by atoms with Gasteiger partial charge in [-0.15, -0.1) is 8.78 Å². The van der Waals surface area contributed by atoms with Gasteiger partial charge in [0.05, 0.1) is 0 Å². The molecule has 0 aromatic heterocycles. The summed E-state index contributed by atoms with van der Waals surface area (Å²) < 4.78 is 53.4. The highest BCUT2D eigenvalue weighted by Gasteiger charge is 2.62. The predicted molar refractivity (Wildman–Crippen MR) is 27.9 cm³/mol. The third-order valence-corrected chi connectivity index (χ3v) is 3.17. The van der Waals surface area contributed by atoms with Crippen molar-refractivity contribution < 1.29 is 41.1 Å². The average Bonchev–Trinajstić information content (AvgIpc) is 1.48. The minimum atomic E-state index is -5.16. The van der Waals surface area contributed by atoms with Crippen LogP contribution in [0.15, 0.2) is 0 Å². The fourth-order valence-electron chi connectivity index (χ4n) is 0.431. The first-order chi connectivity index (χ1) is 5.12. The summed E-state index contributed by atoms with van der Waals surface area (Å²) >= 11 is 0. The molecule has 0 amide bonds. The van der Waals surface area contributed by atoms with Crippen LogP contribution in [0, 0.1) is 0 Å². The molecule has 72 valence electrons. The Labute approximate surface area is 64.1 Å². The van der Waals surface area contributed by atoms with E-state index in [1.807, 2.05) is 0 Å². The summed E-state index contributed by atoms with van der Waals surface area (Å²) in [5.74, 6) is 0. The maximum Gasteiger partial charge on any atom is 0.503 e. The number of phosphoric acid groups is 2. The summed E-state index contributed by atoms with van der Waals surface area (Å²) in [5.41, 5.74) is 0. The Balaban J connectivity index is 2.58. The van der Waals surface area contributed by atoms with Crippen molar-refractivity contribution in [1.82, 2.24) is 0 Å². The average molecular weight is 226 g/mol. The van der Waals surface area contributed by atoms with Crippen LogP contribution in [0.1, 0.15) is 0 Å². The van der Waals surface area contributed by atoms with Gasteiger partial charge in [-0.2, -0.15) is 13.4 Å². The lowest BCUT2D eigenvalue weighted by Gasteiger charge is -2.31. The third-order valence-electron chi connectivity index (χ3n) is 0.643. The van der Waals surface area contributed by atoms with Gasteiger partial charge in [-0.1, -0.05) is 0 Å². The van der Waals surface area contributed by atoms with Crippen LogP contribution >= 0.6 is 15.6 Å². The molecule has 1 rings (SSSR count). The molecule has 0 aliphatic carbocycles. The SMILES string of the molecule is O=P(O)(O)OP1(=O)OC(F)(F)O1. The highest BCUT2D eigenvalue weighted by Crippen LogP contribution is 2.72. The van der Waals surface area contributed by atoms with Crippen LogP contribution in [-0.4, -0.2) is 16.1 Å². The van der Waals surface area contributed by atoms with Gasteiger partial charge in [-0.25, -0.2) is 9.13 Å². The van der Waals surface area contributed by atoms with Gasteiger partial charge in [0.2, 0.25) is 0 Å². The predicted octanol–water partition coefficient (Wildman–Crippen LogP) is 0.801. The van der Waals surface area contributed by atoms with E-state index in [2.05, 4.69) is 13.4 Å². The van der Waals surface area contributed by atoms with Gasteiger partial charge in [0, 0.05) is 0 Å². The van der Waals surface area contributed by atoms with Gasteiger partial charge in [0.1, 0.15) is 0 Å². The molecule has 0 radical (unpaired) electrons. The number of hydrogen-bond donors (Lipinski definition) is 2. The smallest absolute Gasteiger partial charge is 0.302 e. The molecule has 12 heavy (non-hydrogen) atoms. The van der Waals surface area contributed by atoms with Crippen molar-refractivity contribution in [2.45, 2.75) is 6.29 Å². The first-order valence-electron chi connectivity index (χ1n) is 2.28. The Kier molecular flexibility index (Phi) is 2.17. The molecule has 0 spiro atoms. The molecule has 0 bridgehead atoms. The van der Waals surface area contributed by atoms with Crippen LogP contribution < -0.4 is 0 Å². The molecule has 2 N–H and O–H groups in total. The van der Waals surface area contributed by atoms with E-state index in [0.717, 1.165) is 0 Å². The molecule has 1 fully saturated rings. The van der Waals surface area contributed by atoms with E-state index in [9.17, 15) is 17.9 Å². The fraction of sp³-hybridized carbons (Fsp3) is 1.00. The van der Waals surface area contributed by atoms with Crippen molar-refractivity contribution in [3.8, 4) is 0 Å². The largest absolute Gasteiger partial charge is 0.503 e. The van der Waals surface area contributed by atoms with E-state index in [-0.39, 0.29) is 0 Å². The Morgan fingerprint density at radius 2 is 1.83 bits per heavy atom. The molecule has 1 aliphatic heterocycles. The molecule has 0 aromatic rings. The van der Waals surface area contributed by atoms with Crippen LogP contribution in [-0.2, 0) is 22.5 Å². The Morgan fingerprint density at radius 1 is 1.42 bits per heavy atom. The van der Waals surface area contributed by atoms with Crippen molar-refractivity contribution in [2.24, 2.45) is 0 Å². The van der Waals surface area contributed by atoms with Crippen LogP contribution in [0.2, 0.25) is 0 Å². The Bertz CT molecular complexity index is 267. The van der Waals surface area contributed by atoms with Crippen LogP contribution in [0.3, 0.4) is 0 Å². The first-order valence-corrected chi connectivity index (χ1v) is 5.27. The van der Waals surface area contributed by atoms with Crippen LogP contribution in [0.25, 0.3) is 0 Å². The zero-order valence-corrected chi connectivity index (χ0v) is 6.87. The van der Waals surface area contributed by atoms with Gasteiger partial charge in [-0.3, -0.25) is 0 Å². The molecule has 1 saturated heterocycles. The molecule has 0 unspecified atom stereocenters. The van der Waals surface area contributed by atoms with E-state index in [1.54, 1.807) is 0 Å². The lowest BCUT2D eigenvalue weighted by atomic mass is 11.3. The standard InChI is InChI=1S/CH2F2O7P2/c2-1(3)8-12(7,9-1)10-11(4,5)6/h(H2,4,5,6). The second-order valence-corrected chi connectivity index (χ2v) is 4.56. The van der Waals surface area contributed by atoms with Crippen molar-refractivity contribution in [2.75, 3.05) is 0 Å². The first kappa shape index (κ1) is 10.2. The fourth-order valence-corrected chi connectivity index (χ4v) is 2.27. The molecule has 0 atom stereocenters. The van der Waals surface area contributed by atoms with Gasteiger partial charge in [0.15, 0.2) is 0 Å². The monoisotopic (exact) mass is 226 g/mol. The summed E-state index contributed by atoms with van der Waals surface area (Å²) in [6.45, 7) is 0. The topological polar surface area (TPSA) is 102 Å². The summed E-state index contributed by atoms with van der Waals surface area (Å²) in [6, 6.07) is 0. The number of rotatable bonds is 2. The second-order valence-electron chi connectivity index (χ2n) is 1.67. The van der Waals surface area contributed by atoms with Gasteiger partial charge >= 0.3 is 21.9 Å². The molecular formula is CH2F2O7P2. The number of hydrogen-bond acceptors (Lipinski definition) is 5. The van der Waals surface area contributed by atoms with Crippen molar-refractivity contribution in [3.63, 3.8) is 0 Å². The quantitative estimate of drug-likeness (QED) is 0.671. The Hall–Kier alpha value is 0.120.